The Kier molecular flexibility index (Phi) is 8.65. The monoisotopic (exact) mass is 456 g/mol. The second kappa shape index (κ2) is 11.7. The fourth-order valence-electron chi connectivity index (χ4n) is 3.97. The predicted molar refractivity (Wildman–Crippen MR) is 127 cm³/mol. The number of carbonyl (C=O) groups is 1. The van der Waals surface area contributed by atoms with Crippen LogP contribution in [0, 0.1) is 5.82 Å². The van der Waals surface area contributed by atoms with Crippen molar-refractivity contribution in [3.63, 3.8) is 0 Å². The molecule has 3 aromatic rings. The normalized spacial score (nSPS) is 17.3. The molecule has 0 spiro atoms. The molecule has 178 valence electrons. The van der Waals surface area contributed by atoms with Crippen molar-refractivity contribution in [3.05, 3.63) is 60.2 Å². The van der Waals surface area contributed by atoms with Gasteiger partial charge in [0.05, 0.1) is 30.5 Å². The molecule has 0 bridgehead atoms. The lowest BCUT2D eigenvalue weighted by Gasteiger charge is -2.18. The second-order valence-electron chi connectivity index (χ2n) is 7.82. The molecule has 1 N–H and O–H groups in total. The van der Waals surface area contributed by atoms with E-state index in [2.05, 4.69) is 22.1 Å². The number of nitrogens with zero attached hydrogens (tertiary/aromatic N) is 4. The largest absolute Gasteiger partial charge is 0.497 e. The zero-order chi connectivity index (χ0) is 23.8. The highest BCUT2D eigenvalue weighted by molar-refractivity contribution is 6.01. The van der Waals surface area contributed by atoms with Crippen LogP contribution in [-0.4, -0.2) is 64.9 Å². The molecule has 1 amide bonds. The number of amides is 1. The quantitative estimate of drug-likeness (QED) is 0.645. The predicted octanol–water partition coefficient (Wildman–Crippen LogP) is 4.00. The number of fused-ring (bicyclic) bond motifs is 1. The van der Waals surface area contributed by atoms with E-state index in [4.69, 9.17) is 4.74 Å². The van der Waals surface area contributed by atoms with E-state index in [9.17, 15) is 14.3 Å². The van der Waals surface area contributed by atoms with Crippen molar-refractivity contribution in [2.24, 2.45) is 0 Å². The average molecular weight is 457 g/mol. The second-order valence-corrected chi connectivity index (χ2v) is 7.82. The van der Waals surface area contributed by atoms with Crippen LogP contribution >= 0.6 is 0 Å². The molecule has 2 aliphatic heterocycles. The van der Waals surface area contributed by atoms with Crippen LogP contribution < -0.4 is 9.64 Å². The molecule has 1 atom stereocenters. The number of aliphatic hydroxyl groups excluding tert-OH is 1. The molecule has 0 saturated carbocycles. The van der Waals surface area contributed by atoms with Crippen molar-refractivity contribution in [2.75, 3.05) is 38.2 Å². The van der Waals surface area contributed by atoms with E-state index in [-0.39, 0.29) is 11.7 Å². The minimum atomic E-state index is -0.397. The number of halogens is 1. The van der Waals surface area contributed by atoms with E-state index in [0.29, 0.717) is 30.8 Å². The first-order valence-corrected chi connectivity index (χ1v) is 11.5. The highest BCUT2D eigenvalue weighted by Gasteiger charge is 2.27. The van der Waals surface area contributed by atoms with Gasteiger partial charge in [-0.25, -0.2) is 8.91 Å². The van der Waals surface area contributed by atoms with E-state index in [0.717, 1.165) is 24.3 Å². The van der Waals surface area contributed by atoms with Gasteiger partial charge >= 0.3 is 0 Å². The summed E-state index contributed by atoms with van der Waals surface area (Å²) in [7, 11) is 1.55. The fourth-order valence-corrected chi connectivity index (χ4v) is 3.97. The van der Waals surface area contributed by atoms with Gasteiger partial charge in [0.1, 0.15) is 11.6 Å². The molecule has 5 rings (SSSR count). The summed E-state index contributed by atoms with van der Waals surface area (Å²) in [5.41, 5.74) is 2.62. The number of hydrogen-bond acceptors (Lipinski definition) is 5. The molecule has 1 aromatic carbocycles. The SMILES string of the molecule is CC.COc1ccc(F)cc1.O=C(c1cnn2ccc(N3CCCC3)cc12)N1CC[C@H](O)C1. The third-order valence-corrected chi connectivity index (χ3v) is 5.71. The molecule has 33 heavy (non-hydrogen) atoms. The maximum atomic E-state index is 12.6. The lowest BCUT2D eigenvalue weighted by atomic mass is 10.2. The van der Waals surface area contributed by atoms with Crippen LogP contribution in [0.25, 0.3) is 5.52 Å². The third kappa shape index (κ3) is 6.01. The topological polar surface area (TPSA) is 70.3 Å². The Balaban J connectivity index is 0.000000234. The Morgan fingerprint density at radius 2 is 1.82 bits per heavy atom. The fraction of sp³-hybridized carbons (Fsp3) is 0.440. The number of carbonyl (C=O) groups excluding carboxylic acids is 1. The standard InChI is InChI=1S/C16H20N4O2.C7H7FO.C2H6/c21-13-4-7-19(11-13)16(22)14-10-17-20-8-3-12(9-15(14)20)18-5-1-2-6-18;1-9-7-4-2-6(8)3-5-7;1-2/h3,8-10,13,21H,1-2,4-7,11H2;2-5H,1H3;1-2H3/t13-;;/m0../s1. The van der Waals surface area contributed by atoms with E-state index in [1.807, 2.05) is 20.0 Å². The number of hydrogen-bond donors (Lipinski definition) is 1. The number of anilines is 1. The van der Waals surface area contributed by atoms with Crippen LogP contribution in [0.15, 0.2) is 48.8 Å². The van der Waals surface area contributed by atoms with Crippen molar-refractivity contribution < 1.29 is 19.0 Å². The Morgan fingerprint density at radius 1 is 1.12 bits per heavy atom. The summed E-state index contributed by atoms with van der Waals surface area (Å²) in [5, 5.41) is 13.9. The van der Waals surface area contributed by atoms with Crippen molar-refractivity contribution in [1.82, 2.24) is 14.5 Å². The number of β-amino-alcohol motifs (C(OH)–C–C–N with tert-alkyl or cyclic N) is 1. The third-order valence-electron chi connectivity index (χ3n) is 5.71. The van der Waals surface area contributed by atoms with Gasteiger partial charge < -0.3 is 19.6 Å². The molecule has 0 radical (unpaired) electrons. The summed E-state index contributed by atoms with van der Waals surface area (Å²) >= 11 is 0. The summed E-state index contributed by atoms with van der Waals surface area (Å²) in [6.45, 7) is 7.18. The first kappa shape index (κ1) is 24.5. The van der Waals surface area contributed by atoms with Crippen molar-refractivity contribution in [3.8, 4) is 5.75 Å². The van der Waals surface area contributed by atoms with E-state index in [1.54, 1.807) is 34.9 Å². The van der Waals surface area contributed by atoms with E-state index >= 15 is 0 Å². The van der Waals surface area contributed by atoms with Gasteiger partial charge in [-0.05, 0) is 55.7 Å². The number of aliphatic hydroxyl groups is 1. The number of aromatic nitrogens is 2. The van der Waals surface area contributed by atoms with Crippen molar-refractivity contribution in [2.45, 2.75) is 39.2 Å². The maximum Gasteiger partial charge on any atom is 0.257 e. The number of ether oxygens (including phenoxy) is 1. The van der Waals surface area contributed by atoms with Crippen molar-refractivity contribution >= 4 is 17.1 Å². The number of methoxy groups -OCH3 is 1. The van der Waals surface area contributed by atoms with Gasteiger partial charge in [-0.2, -0.15) is 5.10 Å². The van der Waals surface area contributed by atoms with Crippen LogP contribution in [0.5, 0.6) is 5.75 Å². The first-order valence-electron chi connectivity index (χ1n) is 11.5. The Morgan fingerprint density at radius 3 is 2.42 bits per heavy atom. The Bertz CT molecular complexity index is 1030. The minimum absolute atomic E-state index is 0.0369. The smallest absolute Gasteiger partial charge is 0.257 e. The summed E-state index contributed by atoms with van der Waals surface area (Å²) in [6, 6.07) is 9.99. The average Bonchev–Trinajstić information content (AvgIpc) is 3.61. The molecule has 2 saturated heterocycles. The van der Waals surface area contributed by atoms with E-state index in [1.165, 1.54) is 25.0 Å². The molecule has 2 fully saturated rings. The Labute approximate surface area is 194 Å². The highest BCUT2D eigenvalue weighted by Crippen LogP contribution is 2.24. The summed E-state index contributed by atoms with van der Waals surface area (Å²) in [6.07, 6.45) is 6.26. The van der Waals surface area contributed by atoms with Gasteiger partial charge in [0.2, 0.25) is 0 Å². The summed E-state index contributed by atoms with van der Waals surface area (Å²) in [4.78, 5) is 16.7. The molecule has 2 aromatic heterocycles. The van der Waals surface area contributed by atoms with E-state index < -0.39 is 6.10 Å². The summed E-state index contributed by atoms with van der Waals surface area (Å²) < 4.78 is 18.7. The van der Waals surface area contributed by atoms with Gasteiger partial charge in [-0.3, -0.25) is 4.79 Å². The highest BCUT2D eigenvalue weighted by atomic mass is 19.1. The van der Waals surface area contributed by atoms with Gasteiger partial charge in [0.25, 0.3) is 5.91 Å². The molecule has 0 unspecified atom stereocenters. The van der Waals surface area contributed by atoms with Gasteiger partial charge in [-0.15, -0.1) is 0 Å². The first-order chi connectivity index (χ1) is 16.0. The number of rotatable bonds is 3. The summed E-state index contributed by atoms with van der Waals surface area (Å²) in [5.74, 6) is 0.400. The number of benzene rings is 1. The molecule has 0 aliphatic carbocycles. The maximum absolute atomic E-state index is 12.6. The zero-order valence-electron chi connectivity index (χ0n) is 19.6. The van der Waals surface area contributed by atoms with Crippen LogP contribution in [-0.2, 0) is 0 Å². The van der Waals surface area contributed by atoms with Crippen molar-refractivity contribution in [1.29, 1.82) is 0 Å². The molecule has 4 heterocycles. The molecular weight excluding hydrogens is 423 g/mol. The minimum Gasteiger partial charge on any atom is -0.497 e. The number of pyridine rings is 1. The molecule has 7 nitrogen and oxygen atoms in total. The van der Waals surface area contributed by atoms with Gasteiger partial charge in [-0.1, -0.05) is 13.8 Å². The lowest BCUT2D eigenvalue weighted by Crippen LogP contribution is -2.29. The zero-order valence-corrected chi connectivity index (χ0v) is 19.6. The molecular formula is C25H33FN4O3. The Hall–Kier alpha value is -3.13. The van der Waals surface area contributed by atoms with Crippen LogP contribution in [0.1, 0.15) is 43.5 Å². The van der Waals surface area contributed by atoms with Crippen LogP contribution in [0.2, 0.25) is 0 Å². The molecule has 8 heteroatoms. The van der Waals surface area contributed by atoms with Crippen LogP contribution in [0.3, 0.4) is 0 Å². The van der Waals surface area contributed by atoms with Crippen LogP contribution in [0.4, 0.5) is 10.1 Å². The molecule has 2 aliphatic rings. The van der Waals surface area contributed by atoms with Gasteiger partial charge in [0.15, 0.2) is 0 Å². The number of likely N-dealkylation sites (tertiary alicyclic amines) is 1. The lowest BCUT2D eigenvalue weighted by molar-refractivity contribution is 0.0767. The van der Waals surface area contributed by atoms with Gasteiger partial charge in [0, 0.05) is 38.1 Å².